The zero-order chi connectivity index (χ0) is 11.8. The zero-order valence-electron chi connectivity index (χ0n) is 9.98. The molecule has 4 heteroatoms. The van der Waals surface area contributed by atoms with E-state index in [0.29, 0.717) is 6.54 Å². The van der Waals surface area contributed by atoms with Gasteiger partial charge >= 0.3 is 0 Å². The highest BCUT2D eigenvalue weighted by atomic mass is 16.5. The first-order valence-electron chi connectivity index (χ1n) is 5.60. The van der Waals surface area contributed by atoms with E-state index in [1.165, 1.54) is 0 Å². The lowest BCUT2D eigenvalue weighted by atomic mass is 10.2. The highest BCUT2D eigenvalue weighted by molar-refractivity contribution is 4.93. The Morgan fingerprint density at radius 1 is 1.44 bits per heavy atom. The molecule has 0 aliphatic heterocycles. The molecule has 0 saturated carbocycles. The molecule has 0 aliphatic rings. The second kappa shape index (κ2) is 7.19. The molecule has 0 radical (unpaired) electrons. The van der Waals surface area contributed by atoms with Crippen molar-refractivity contribution in [3.63, 3.8) is 0 Å². The van der Waals surface area contributed by atoms with Crippen LogP contribution in [-0.4, -0.2) is 31.4 Å². The molecule has 4 nitrogen and oxygen atoms in total. The average molecular weight is 224 g/mol. The van der Waals surface area contributed by atoms with Gasteiger partial charge in [-0.3, -0.25) is 4.79 Å². The number of nitrogens with zero attached hydrogens (tertiary/aromatic N) is 1. The summed E-state index contributed by atoms with van der Waals surface area (Å²) in [5, 5.41) is 3.09. The van der Waals surface area contributed by atoms with Crippen LogP contribution < -0.4 is 10.9 Å². The fourth-order valence-electron chi connectivity index (χ4n) is 1.61. The zero-order valence-corrected chi connectivity index (χ0v) is 9.98. The van der Waals surface area contributed by atoms with Gasteiger partial charge < -0.3 is 14.6 Å². The number of rotatable bonds is 7. The number of ether oxygens (including phenoxy) is 1. The first kappa shape index (κ1) is 12.9. The minimum atomic E-state index is 0.0472. The minimum absolute atomic E-state index is 0.0472. The third-order valence-corrected chi connectivity index (χ3v) is 2.64. The van der Waals surface area contributed by atoms with Gasteiger partial charge in [-0.15, -0.1) is 0 Å². The van der Waals surface area contributed by atoms with Gasteiger partial charge in [-0.2, -0.15) is 0 Å². The van der Waals surface area contributed by atoms with Crippen LogP contribution in [0, 0.1) is 0 Å². The van der Waals surface area contributed by atoms with Gasteiger partial charge in [0.25, 0.3) is 0 Å². The Morgan fingerprint density at radius 3 is 2.88 bits per heavy atom. The molecule has 1 atom stereocenters. The third-order valence-electron chi connectivity index (χ3n) is 2.64. The first-order valence-corrected chi connectivity index (χ1v) is 5.60. The van der Waals surface area contributed by atoms with E-state index in [1.54, 1.807) is 23.8 Å². The third kappa shape index (κ3) is 4.16. The number of hydrogen-bond acceptors (Lipinski definition) is 3. The topological polar surface area (TPSA) is 43.3 Å². The Labute approximate surface area is 96.2 Å². The maximum Gasteiger partial charge on any atom is 0.250 e. The van der Waals surface area contributed by atoms with Crippen molar-refractivity contribution in [1.82, 2.24) is 9.88 Å². The second-order valence-corrected chi connectivity index (χ2v) is 3.77. The van der Waals surface area contributed by atoms with Crippen LogP contribution in [0.4, 0.5) is 0 Å². The summed E-state index contributed by atoms with van der Waals surface area (Å²) in [5.41, 5.74) is 0.0472. The summed E-state index contributed by atoms with van der Waals surface area (Å²) in [5.74, 6) is 0. The Balaban J connectivity index is 2.43. The number of aryl methyl sites for hydroxylation is 1. The van der Waals surface area contributed by atoms with E-state index in [4.69, 9.17) is 4.74 Å². The average Bonchev–Trinajstić information content (AvgIpc) is 2.31. The van der Waals surface area contributed by atoms with Gasteiger partial charge in [-0.25, -0.2) is 0 Å². The molecule has 0 fully saturated rings. The summed E-state index contributed by atoms with van der Waals surface area (Å²) in [6.07, 6.45) is 3.85. The molecule has 90 valence electrons. The van der Waals surface area contributed by atoms with Crippen molar-refractivity contribution >= 4 is 0 Å². The first-order chi connectivity index (χ1) is 7.77. The quantitative estimate of drug-likeness (QED) is 0.747. The number of nitrogens with one attached hydrogen (secondary N) is 1. The van der Waals surface area contributed by atoms with Gasteiger partial charge in [0.2, 0.25) is 5.56 Å². The van der Waals surface area contributed by atoms with Crippen molar-refractivity contribution in [1.29, 1.82) is 0 Å². The lowest BCUT2D eigenvalue weighted by Gasteiger charge is -2.15. The molecule has 1 unspecified atom stereocenters. The van der Waals surface area contributed by atoms with Gasteiger partial charge in [0.15, 0.2) is 0 Å². The van der Waals surface area contributed by atoms with Gasteiger partial charge in [0.05, 0.1) is 6.10 Å². The molecule has 1 rings (SSSR count). The monoisotopic (exact) mass is 224 g/mol. The largest absolute Gasteiger partial charge is 0.381 e. The van der Waals surface area contributed by atoms with Crippen LogP contribution in [0.3, 0.4) is 0 Å². The minimum Gasteiger partial charge on any atom is -0.381 e. The molecule has 1 heterocycles. The molecule has 1 aromatic heterocycles. The van der Waals surface area contributed by atoms with Crippen molar-refractivity contribution in [2.24, 2.45) is 0 Å². The van der Waals surface area contributed by atoms with Crippen molar-refractivity contribution in [2.45, 2.75) is 25.5 Å². The van der Waals surface area contributed by atoms with E-state index in [2.05, 4.69) is 5.32 Å². The molecule has 0 aliphatic carbocycles. The Kier molecular flexibility index (Phi) is 5.82. The Morgan fingerprint density at radius 2 is 2.25 bits per heavy atom. The summed E-state index contributed by atoms with van der Waals surface area (Å²) in [6.45, 7) is 1.64. The van der Waals surface area contributed by atoms with E-state index < -0.39 is 0 Å². The second-order valence-electron chi connectivity index (χ2n) is 3.77. The molecular formula is C12H20N2O2. The highest BCUT2D eigenvalue weighted by Gasteiger charge is 2.06. The van der Waals surface area contributed by atoms with Gasteiger partial charge in [-0.1, -0.05) is 6.07 Å². The Hall–Kier alpha value is -1.13. The SMILES string of the molecule is CNCCC(CCn1ccccc1=O)OC. The summed E-state index contributed by atoms with van der Waals surface area (Å²) < 4.78 is 7.07. The van der Waals surface area contributed by atoms with Crippen LogP contribution in [0.15, 0.2) is 29.2 Å². The van der Waals surface area contributed by atoms with E-state index in [0.717, 1.165) is 19.4 Å². The van der Waals surface area contributed by atoms with Crippen LogP contribution in [0.2, 0.25) is 0 Å². The summed E-state index contributed by atoms with van der Waals surface area (Å²) in [7, 11) is 3.64. The van der Waals surface area contributed by atoms with Gasteiger partial charge in [-0.05, 0) is 32.5 Å². The predicted molar refractivity (Wildman–Crippen MR) is 64.7 cm³/mol. The van der Waals surface area contributed by atoms with Crippen molar-refractivity contribution in [3.8, 4) is 0 Å². The number of aromatic nitrogens is 1. The number of methoxy groups -OCH3 is 1. The molecule has 0 spiro atoms. The maximum atomic E-state index is 11.4. The fraction of sp³-hybridized carbons (Fsp3) is 0.583. The van der Waals surface area contributed by atoms with Crippen LogP contribution >= 0.6 is 0 Å². The lowest BCUT2D eigenvalue weighted by molar-refractivity contribution is 0.0844. The normalized spacial score (nSPS) is 12.6. The molecule has 0 aromatic carbocycles. The van der Waals surface area contributed by atoms with Gasteiger partial charge in [0.1, 0.15) is 0 Å². The van der Waals surface area contributed by atoms with Crippen molar-refractivity contribution in [2.75, 3.05) is 20.7 Å². The van der Waals surface area contributed by atoms with E-state index in [-0.39, 0.29) is 11.7 Å². The standard InChI is InChI=1S/C12H20N2O2/c1-13-8-6-11(16-2)7-10-14-9-4-3-5-12(14)15/h3-5,9,11,13H,6-8,10H2,1-2H3. The molecular weight excluding hydrogens is 204 g/mol. The molecule has 0 saturated heterocycles. The predicted octanol–water partition coefficient (Wildman–Crippen LogP) is 0.863. The molecule has 0 bridgehead atoms. The summed E-state index contributed by atoms with van der Waals surface area (Å²) >= 11 is 0. The van der Waals surface area contributed by atoms with Crippen molar-refractivity contribution in [3.05, 3.63) is 34.7 Å². The summed E-state index contributed by atoms with van der Waals surface area (Å²) in [4.78, 5) is 11.4. The van der Waals surface area contributed by atoms with Crippen LogP contribution in [0.25, 0.3) is 0 Å². The van der Waals surface area contributed by atoms with Crippen LogP contribution in [-0.2, 0) is 11.3 Å². The van der Waals surface area contributed by atoms with Gasteiger partial charge in [0, 0.05) is 25.9 Å². The smallest absolute Gasteiger partial charge is 0.250 e. The molecule has 1 aromatic rings. The highest BCUT2D eigenvalue weighted by Crippen LogP contribution is 2.03. The van der Waals surface area contributed by atoms with Crippen LogP contribution in [0.1, 0.15) is 12.8 Å². The molecule has 16 heavy (non-hydrogen) atoms. The number of hydrogen-bond donors (Lipinski definition) is 1. The van der Waals surface area contributed by atoms with E-state index in [1.807, 2.05) is 19.3 Å². The molecule has 1 N–H and O–H groups in total. The fourth-order valence-corrected chi connectivity index (χ4v) is 1.61. The summed E-state index contributed by atoms with van der Waals surface area (Å²) in [6, 6.07) is 5.21. The Bertz CT molecular complexity index is 349. The lowest BCUT2D eigenvalue weighted by Crippen LogP contribution is -2.24. The number of pyridine rings is 1. The molecule has 0 amide bonds. The maximum absolute atomic E-state index is 11.4. The van der Waals surface area contributed by atoms with E-state index >= 15 is 0 Å². The van der Waals surface area contributed by atoms with Crippen molar-refractivity contribution < 1.29 is 4.74 Å². The van der Waals surface area contributed by atoms with E-state index in [9.17, 15) is 4.79 Å². The van der Waals surface area contributed by atoms with Crippen LogP contribution in [0.5, 0.6) is 0 Å².